The van der Waals surface area contributed by atoms with Crippen LogP contribution >= 0.6 is 0 Å². The van der Waals surface area contributed by atoms with Crippen LogP contribution in [0.5, 0.6) is 0 Å². The topological polar surface area (TPSA) is 403 Å². The van der Waals surface area contributed by atoms with Crippen molar-refractivity contribution in [2.45, 2.75) is 0 Å². The van der Waals surface area contributed by atoms with Gasteiger partial charge in [-0.2, -0.15) is 0 Å². The average Bonchev–Trinajstić information content (AvgIpc) is 2.20. The minimum atomic E-state index is -1.83. The monoisotopic (exact) mass is 1750 g/mol. The van der Waals surface area contributed by atoms with E-state index in [-0.39, 0.29) is 1250 Å². The molecule has 0 aromatic carbocycles. The van der Waals surface area contributed by atoms with Crippen molar-refractivity contribution >= 4 is 1290 Å². The second-order valence-corrected chi connectivity index (χ2v) is 1.98. The Bertz CT molecular complexity index is 362. The van der Waals surface area contributed by atoms with E-state index in [0.29, 0.717) is 0 Å². The fourth-order valence-corrected chi connectivity index (χ4v) is 0. The van der Waals surface area contributed by atoms with Crippen LogP contribution in [0, 0.1) is 0 Å². The molecule has 0 heterocycles. The zero-order valence-electron chi connectivity index (χ0n) is 36.0. The van der Waals surface area contributed by atoms with Crippen LogP contribution in [0.4, 0.5) is 33.6 Å². The van der Waals surface area contributed by atoms with Crippen molar-refractivity contribution in [3.8, 4) is 0 Å². The first kappa shape index (κ1) is 275. The second kappa shape index (κ2) is 266. The van der Waals surface area contributed by atoms with E-state index < -0.39 is 43.1 Å². The predicted molar refractivity (Wildman–Crippen MR) is 264 cm³/mol. The van der Waals surface area contributed by atoms with E-state index in [1.807, 2.05) is 0 Å². The summed E-state index contributed by atoms with van der Waals surface area (Å²) in [6.45, 7) is 0. The molecule has 54 heteroatoms. The van der Waals surface area contributed by atoms with Gasteiger partial charge in [0.05, 0.1) is 0 Å². The molecular weight excluding hydrogens is 1740 g/mol. The molecule has 0 aromatic rings. The molecule has 0 aliphatic heterocycles. The standard InChI is InChI=1S/7CH2O3.33Ca/c7*2-1(3)4;;;;;;;;;;;;;;;;;;;;;;;;;;;;;;;;;/h7*(H2,2,3,4);;;;;;;;;;;;;;;;;;;;;;;;;;;;;;;;;/q;;;;;;;33*+2. The Morgan fingerprint density at radius 1 is 0.115 bits per heavy atom. The van der Waals surface area contributed by atoms with Crippen LogP contribution in [-0.2, 0) is 0 Å². The Hall–Kier alpha value is 36.5. The number of hydrogen-bond donors (Lipinski definition) is 14. The Morgan fingerprint density at radius 2 is 0.115 bits per heavy atom. The maximum atomic E-state index is 8.56. The molecule has 0 aliphatic carbocycles. The van der Waals surface area contributed by atoms with Crippen LogP contribution in [0.15, 0.2) is 0 Å². The van der Waals surface area contributed by atoms with E-state index in [4.69, 9.17) is 105 Å². The summed E-state index contributed by atoms with van der Waals surface area (Å²) in [7, 11) is 0. The third kappa shape index (κ3) is 647. The van der Waals surface area contributed by atoms with Crippen molar-refractivity contribution in [2.75, 3.05) is 0 Å². The second-order valence-electron chi connectivity index (χ2n) is 1.98. The summed E-state index contributed by atoms with van der Waals surface area (Å²) in [4.78, 5) is 59.9. The van der Waals surface area contributed by atoms with Crippen molar-refractivity contribution in [3.05, 3.63) is 0 Å². The van der Waals surface area contributed by atoms with Gasteiger partial charge in [0.25, 0.3) is 0 Å². The van der Waals surface area contributed by atoms with Gasteiger partial charge in [-0.15, -0.1) is 0 Å². The normalized spacial score (nSPS) is 2.75. The van der Waals surface area contributed by atoms with Gasteiger partial charge in [0.1, 0.15) is 0 Å². The predicted octanol–water partition coefficient (Wildman–Crippen LogP) is -11.0. The zero-order valence-corrected chi connectivity index (χ0v) is 109. The quantitative estimate of drug-likeness (QED) is 0.100. The van der Waals surface area contributed by atoms with Crippen LogP contribution in [-0.4, -0.2) is 1360 Å². The van der Waals surface area contributed by atoms with Gasteiger partial charge < -0.3 is 71.5 Å². The summed E-state index contributed by atoms with van der Waals surface area (Å²) in [5.41, 5.74) is 0. The van der Waals surface area contributed by atoms with Crippen molar-refractivity contribution in [2.24, 2.45) is 0 Å². The molecule has 0 spiro atoms. The summed E-state index contributed by atoms with van der Waals surface area (Å²) >= 11 is 0. The Labute approximate surface area is 1340 Å². The van der Waals surface area contributed by atoms with E-state index in [2.05, 4.69) is 0 Å². The third-order valence-corrected chi connectivity index (χ3v) is 0. The molecule has 0 fully saturated rings. The fourth-order valence-electron chi connectivity index (χ4n) is 0. The van der Waals surface area contributed by atoms with E-state index >= 15 is 0 Å². The van der Waals surface area contributed by atoms with Gasteiger partial charge in [0, 0.05) is 0 Å². The maximum absolute atomic E-state index is 8.56. The maximum Gasteiger partial charge on any atom is 2.00 e. The first-order valence-electron chi connectivity index (χ1n) is 4.56. The molecule has 0 saturated carbocycles. The Morgan fingerprint density at radius 3 is 0.115 bits per heavy atom. The zero-order chi connectivity index (χ0) is 25.0. The fraction of sp³-hybridized carbons (Fsp3) is 0. The van der Waals surface area contributed by atoms with E-state index in [1.54, 1.807) is 0 Å². The molecule has 0 radical (unpaired) electrons. The van der Waals surface area contributed by atoms with Gasteiger partial charge in [-0.1, -0.05) is 0 Å². The van der Waals surface area contributed by atoms with Crippen LogP contribution in [0.3, 0.4) is 0 Å². The number of carboxylic acid groups (broad SMARTS) is 14. The first-order valence-corrected chi connectivity index (χ1v) is 4.56. The van der Waals surface area contributed by atoms with Crippen molar-refractivity contribution < 1.29 is 105 Å². The molecule has 0 amide bonds. The Kier molecular flexibility index (Phi) is 1200. The molecule has 0 bridgehead atoms. The molecule has 0 rings (SSSR count). The van der Waals surface area contributed by atoms with Crippen molar-refractivity contribution in [1.29, 1.82) is 0 Å². The van der Waals surface area contributed by atoms with E-state index in [1.165, 1.54) is 0 Å². The molecular formula is C7H14Ca33O21+66. The molecule has 21 nitrogen and oxygen atoms in total. The molecule has 0 unspecified atom stereocenters. The van der Waals surface area contributed by atoms with Gasteiger partial charge in [-0.05, 0) is 0 Å². The summed E-state index contributed by atoms with van der Waals surface area (Å²) in [6.07, 6.45) is -12.8. The van der Waals surface area contributed by atoms with E-state index in [0.717, 1.165) is 0 Å². The summed E-state index contributed by atoms with van der Waals surface area (Å²) in [5.74, 6) is 0. The number of hydrogen-bond acceptors (Lipinski definition) is 7. The summed E-state index contributed by atoms with van der Waals surface area (Å²) < 4.78 is 0. The molecule has 0 aliphatic rings. The summed E-state index contributed by atoms with van der Waals surface area (Å²) in [6, 6.07) is 0. The van der Waals surface area contributed by atoms with Gasteiger partial charge in [0.15, 0.2) is 0 Å². The van der Waals surface area contributed by atoms with Crippen LogP contribution in [0.2, 0.25) is 0 Å². The Balaban J connectivity index is -0.00000000204. The van der Waals surface area contributed by atoms with Crippen molar-refractivity contribution in [3.63, 3.8) is 0 Å². The van der Waals surface area contributed by atoms with Gasteiger partial charge in [0.2, 0.25) is 0 Å². The minimum absolute atomic E-state index is 0. The van der Waals surface area contributed by atoms with Crippen LogP contribution in [0.1, 0.15) is 0 Å². The van der Waals surface area contributed by atoms with Crippen LogP contribution in [0.25, 0.3) is 0 Å². The molecule has 168 valence electrons. The van der Waals surface area contributed by atoms with Gasteiger partial charge in [-0.25, -0.2) is 33.6 Å². The average molecular weight is 1760 g/mol. The van der Waals surface area contributed by atoms with E-state index in [9.17, 15) is 0 Å². The molecule has 14 N–H and O–H groups in total. The SMILES string of the molecule is O=C(O)O.O=C(O)O.O=C(O)O.O=C(O)O.O=C(O)O.O=C(O)O.O=C(O)O.[Ca+2].[Ca+2].[Ca+2].[Ca+2].[Ca+2].[Ca+2].[Ca+2].[Ca+2].[Ca+2].[Ca+2].[Ca+2].[Ca+2].[Ca+2].[Ca+2].[Ca+2].[Ca+2].[Ca+2].[Ca+2].[Ca+2].[Ca+2].[Ca+2].[Ca+2].[Ca+2].[Ca+2].[Ca+2].[Ca+2].[Ca+2].[Ca+2].[Ca+2].[Ca+2].[Ca+2].[Ca+2].[Ca+2]. The summed E-state index contributed by atoms with van der Waals surface area (Å²) in [5, 5.41) is 97.6. The molecule has 61 heavy (non-hydrogen) atoms. The third-order valence-electron chi connectivity index (χ3n) is 0. The first-order chi connectivity index (χ1) is 12.1. The largest absolute Gasteiger partial charge is 2.00 e. The molecule has 0 atom stereocenters. The smallest absolute Gasteiger partial charge is 0.450 e. The minimum Gasteiger partial charge on any atom is -0.450 e. The molecule has 0 saturated heterocycles. The number of carbonyl (C=O) groups is 7. The van der Waals surface area contributed by atoms with Crippen LogP contribution < -0.4 is 0 Å². The number of rotatable bonds is 0. The molecule has 0 aromatic heterocycles. The van der Waals surface area contributed by atoms with Gasteiger partial charge >= 0.3 is 1290 Å². The van der Waals surface area contributed by atoms with Crippen molar-refractivity contribution in [1.82, 2.24) is 0 Å². The van der Waals surface area contributed by atoms with Gasteiger partial charge in [-0.3, -0.25) is 0 Å².